The summed E-state index contributed by atoms with van der Waals surface area (Å²) < 4.78 is 29.9. The number of nitrogens with zero attached hydrogens (tertiary/aromatic N) is 2. The molecule has 1 fully saturated rings. The van der Waals surface area contributed by atoms with Gasteiger partial charge in [0, 0.05) is 5.90 Å². The highest BCUT2D eigenvalue weighted by atomic mass is 32.2. The highest BCUT2D eigenvalue weighted by molar-refractivity contribution is 7.88. The van der Waals surface area contributed by atoms with Crippen LogP contribution in [0.1, 0.15) is 0 Å². The average Bonchev–Trinajstić information content (AvgIpc) is 2.41. The van der Waals surface area contributed by atoms with E-state index in [0.29, 0.717) is 37.4 Å². The van der Waals surface area contributed by atoms with Crippen LogP contribution in [-0.2, 0) is 14.8 Å². The molecule has 1 atom stereocenters. The van der Waals surface area contributed by atoms with Gasteiger partial charge in [-0.15, -0.1) is 5.10 Å². The van der Waals surface area contributed by atoms with E-state index in [1.165, 1.54) is 0 Å². The number of hydrogen-bond acceptors (Lipinski definition) is 5. The first kappa shape index (κ1) is 11.8. The first-order valence-electron chi connectivity index (χ1n) is 5.09. The third kappa shape index (κ3) is 2.51. The van der Waals surface area contributed by atoms with Gasteiger partial charge in [-0.05, 0) is 0 Å². The lowest BCUT2D eigenvalue weighted by molar-refractivity contribution is -0.937. The van der Waals surface area contributed by atoms with Crippen molar-refractivity contribution < 1.29 is 22.9 Å². The Morgan fingerprint density at radius 1 is 1.50 bits per heavy atom. The van der Waals surface area contributed by atoms with Gasteiger partial charge in [0.25, 0.3) is 0 Å². The highest BCUT2D eigenvalue weighted by Gasteiger charge is 2.40. The Morgan fingerprint density at radius 3 is 2.69 bits per heavy atom. The largest absolute Gasteiger partial charge is 0.857 e. The number of quaternary nitrogens is 1. The van der Waals surface area contributed by atoms with Crippen LogP contribution in [-0.4, -0.2) is 64.1 Å². The molecule has 8 heteroatoms. The second-order valence-electron chi connectivity index (χ2n) is 4.22. The fourth-order valence-electron chi connectivity index (χ4n) is 2.05. The molecule has 1 saturated heterocycles. The van der Waals surface area contributed by atoms with Crippen LogP contribution in [0.4, 0.5) is 0 Å². The van der Waals surface area contributed by atoms with Gasteiger partial charge < -0.3 is 9.84 Å². The lowest BCUT2D eigenvalue weighted by atomic mass is 10.3. The number of morpholine rings is 1. The van der Waals surface area contributed by atoms with Crippen LogP contribution >= 0.6 is 0 Å². The van der Waals surface area contributed by atoms with E-state index >= 15 is 0 Å². The molecule has 2 aliphatic rings. The first-order valence-corrected chi connectivity index (χ1v) is 6.98. The van der Waals surface area contributed by atoms with E-state index in [2.05, 4.69) is 9.82 Å². The zero-order valence-corrected chi connectivity index (χ0v) is 9.87. The number of sulfonamides is 1. The Morgan fingerprint density at radius 2 is 2.12 bits per heavy atom. The number of nitrogens with one attached hydrogen (secondary N) is 1. The normalized spacial score (nSPS) is 29.3. The Kier molecular flexibility index (Phi) is 2.91. The second kappa shape index (κ2) is 3.95. The van der Waals surface area contributed by atoms with Gasteiger partial charge >= 0.3 is 0 Å². The van der Waals surface area contributed by atoms with Crippen molar-refractivity contribution in [3.63, 3.8) is 0 Å². The molecule has 0 amide bonds. The maximum atomic E-state index is 11.6. The summed E-state index contributed by atoms with van der Waals surface area (Å²) in [7, 11) is -3.37. The third-order valence-electron chi connectivity index (χ3n) is 2.79. The zero-order chi connectivity index (χ0) is 11.8. The number of hydrogen-bond donors (Lipinski definition) is 1. The quantitative estimate of drug-likeness (QED) is 0.545. The standard InChI is InChI=1S/C8H15N3O4S/c1-16(13,14)10-7-6-11(9-8(7)12)2-4-15-5-3-11/h7,10H,2-6H2,1H3. The summed E-state index contributed by atoms with van der Waals surface area (Å²) in [6.45, 7) is 2.78. The van der Waals surface area contributed by atoms with Crippen LogP contribution in [0.25, 0.3) is 0 Å². The molecular weight excluding hydrogens is 234 g/mol. The molecule has 1 unspecified atom stereocenters. The van der Waals surface area contributed by atoms with Crippen LogP contribution in [0.15, 0.2) is 5.10 Å². The summed E-state index contributed by atoms with van der Waals surface area (Å²) in [5.41, 5.74) is 0. The molecule has 0 radical (unpaired) electrons. The molecule has 7 nitrogen and oxygen atoms in total. The molecule has 0 bridgehead atoms. The van der Waals surface area contributed by atoms with E-state index in [9.17, 15) is 13.5 Å². The van der Waals surface area contributed by atoms with Crippen LogP contribution in [0.3, 0.4) is 0 Å². The van der Waals surface area contributed by atoms with Crippen molar-refractivity contribution in [1.82, 2.24) is 4.72 Å². The topological polar surface area (TPSA) is 90.8 Å². The number of ether oxygens (including phenoxy) is 1. The van der Waals surface area contributed by atoms with Crippen LogP contribution in [0.2, 0.25) is 0 Å². The maximum Gasteiger partial charge on any atom is 0.209 e. The maximum absolute atomic E-state index is 11.6. The SMILES string of the molecule is CS(=O)(=O)NC1C[N+]2(CCOCC2)N=C1[O-]. The minimum atomic E-state index is -3.37. The van der Waals surface area contributed by atoms with Gasteiger partial charge in [0.1, 0.15) is 25.7 Å². The predicted molar refractivity (Wildman–Crippen MR) is 54.9 cm³/mol. The molecule has 1 N–H and O–H groups in total. The molecule has 0 aromatic rings. The van der Waals surface area contributed by atoms with Gasteiger partial charge in [-0.3, -0.25) is 0 Å². The molecule has 0 aromatic heterocycles. The van der Waals surface area contributed by atoms with Crippen LogP contribution in [0.5, 0.6) is 0 Å². The molecule has 92 valence electrons. The molecule has 1 spiro atoms. The van der Waals surface area contributed by atoms with E-state index in [1.54, 1.807) is 0 Å². The summed E-state index contributed by atoms with van der Waals surface area (Å²) in [6, 6.07) is -0.715. The fraction of sp³-hybridized carbons (Fsp3) is 0.875. The van der Waals surface area contributed by atoms with Gasteiger partial charge in [0.2, 0.25) is 10.0 Å². The molecule has 2 rings (SSSR count). The predicted octanol–water partition coefficient (Wildman–Crippen LogP) is -2.56. The number of rotatable bonds is 2. The van der Waals surface area contributed by atoms with Crippen LogP contribution in [0, 0.1) is 0 Å². The van der Waals surface area contributed by atoms with E-state index in [4.69, 9.17) is 4.74 Å². The summed E-state index contributed by atoms with van der Waals surface area (Å²) in [6.07, 6.45) is 1.04. The van der Waals surface area contributed by atoms with E-state index in [1.807, 2.05) is 0 Å². The molecule has 16 heavy (non-hydrogen) atoms. The minimum Gasteiger partial charge on any atom is -0.857 e. The highest BCUT2D eigenvalue weighted by Crippen LogP contribution is 2.19. The van der Waals surface area contributed by atoms with Crippen molar-refractivity contribution in [1.29, 1.82) is 0 Å². The Labute approximate surface area is 94.3 Å². The average molecular weight is 249 g/mol. The van der Waals surface area contributed by atoms with Gasteiger partial charge in [0.05, 0.1) is 19.5 Å². The third-order valence-corrected chi connectivity index (χ3v) is 3.50. The van der Waals surface area contributed by atoms with E-state index in [0.717, 1.165) is 6.26 Å². The summed E-state index contributed by atoms with van der Waals surface area (Å²) in [5, 5.41) is 15.6. The summed E-state index contributed by atoms with van der Waals surface area (Å²) >= 11 is 0. The van der Waals surface area contributed by atoms with Gasteiger partial charge in [0.15, 0.2) is 0 Å². The monoisotopic (exact) mass is 249 g/mol. The Bertz CT molecular complexity index is 400. The first-order chi connectivity index (χ1) is 7.40. The van der Waals surface area contributed by atoms with Gasteiger partial charge in [-0.25, -0.2) is 13.1 Å². The fourth-order valence-corrected chi connectivity index (χ4v) is 2.74. The van der Waals surface area contributed by atoms with Gasteiger partial charge in [-0.1, -0.05) is 0 Å². The van der Waals surface area contributed by atoms with E-state index in [-0.39, 0.29) is 5.90 Å². The van der Waals surface area contributed by atoms with Crippen molar-refractivity contribution in [2.45, 2.75) is 6.04 Å². The molecule has 2 heterocycles. The molecule has 0 aromatic carbocycles. The molecular formula is C8H15N3O4S. The van der Waals surface area contributed by atoms with Crippen molar-refractivity contribution >= 4 is 15.9 Å². The Balaban J connectivity index is 2.09. The van der Waals surface area contributed by atoms with Gasteiger partial charge in [-0.2, -0.15) is 4.59 Å². The molecule has 0 aliphatic carbocycles. The van der Waals surface area contributed by atoms with Crippen molar-refractivity contribution in [2.75, 3.05) is 39.1 Å². The van der Waals surface area contributed by atoms with Crippen LogP contribution < -0.4 is 9.83 Å². The minimum absolute atomic E-state index is 0.298. The van der Waals surface area contributed by atoms with E-state index < -0.39 is 16.1 Å². The molecule has 2 aliphatic heterocycles. The van der Waals surface area contributed by atoms with Crippen molar-refractivity contribution in [3.05, 3.63) is 0 Å². The zero-order valence-electron chi connectivity index (χ0n) is 9.05. The smallest absolute Gasteiger partial charge is 0.209 e. The lowest BCUT2D eigenvalue weighted by Crippen LogP contribution is -2.54. The summed E-state index contributed by atoms with van der Waals surface area (Å²) in [4.78, 5) is 0. The second-order valence-corrected chi connectivity index (χ2v) is 6.00. The lowest BCUT2D eigenvalue weighted by Gasteiger charge is -2.32. The van der Waals surface area contributed by atoms with Crippen molar-refractivity contribution in [2.24, 2.45) is 5.10 Å². The molecule has 0 saturated carbocycles. The van der Waals surface area contributed by atoms with Crippen molar-refractivity contribution in [3.8, 4) is 0 Å². The summed E-state index contributed by atoms with van der Waals surface area (Å²) in [5.74, 6) is -0.382. The Hall–Kier alpha value is -0.700.